The highest BCUT2D eigenvalue weighted by molar-refractivity contribution is 14.0. The monoisotopic (exact) mass is 499 g/mol. The Morgan fingerprint density at radius 2 is 1.71 bits per heavy atom. The SMILES string of the molecule is CCNC(=NCc1ccc(N2CC=CC2)cc1)NCCC(=O)N(CC)CC.I. The van der Waals surface area contributed by atoms with E-state index in [0.29, 0.717) is 19.5 Å². The number of anilines is 1. The highest BCUT2D eigenvalue weighted by Crippen LogP contribution is 2.17. The van der Waals surface area contributed by atoms with Crippen LogP contribution in [0.15, 0.2) is 41.4 Å². The molecule has 1 aliphatic heterocycles. The number of amides is 1. The van der Waals surface area contributed by atoms with Crippen molar-refractivity contribution < 1.29 is 4.79 Å². The summed E-state index contributed by atoms with van der Waals surface area (Å²) in [5.74, 6) is 0.924. The zero-order chi connectivity index (χ0) is 19.5. The summed E-state index contributed by atoms with van der Waals surface area (Å²) in [6.07, 6.45) is 4.86. The van der Waals surface area contributed by atoms with Crippen LogP contribution in [0.2, 0.25) is 0 Å². The summed E-state index contributed by atoms with van der Waals surface area (Å²) >= 11 is 0. The molecule has 1 aromatic carbocycles. The van der Waals surface area contributed by atoms with Gasteiger partial charge in [0, 0.05) is 51.4 Å². The van der Waals surface area contributed by atoms with Gasteiger partial charge in [-0.25, -0.2) is 4.99 Å². The standard InChI is InChI=1S/C21H33N5O.HI/c1-4-22-21(23-14-13-20(27)25(5-2)6-3)24-17-18-9-11-19(12-10-18)26-15-7-8-16-26;/h7-12H,4-6,13-17H2,1-3H3,(H2,22,23,24);1H. The number of carbonyl (C=O) groups excluding carboxylic acids is 1. The molecule has 0 radical (unpaired) electrons. The first-order valence-electron chi connectivity index (χ1n) is 9.96. The van der Waals surface area contributed by atoms with E-state index in [1.807, 2.05) is 25.7 Å². The molecule has 1 aromatic rings. The normalized spacial score (nSPS) is 13.2. The maximum Gasteiger partial charge on any atom is 0.224 e. The molecule has 0 saturated carbocycles. The number of rotatable bonds is 9. The predicted molar refractivity (Wildman–Crippen MR) is 129 cm³/mol. The van der Waals surface area contributed by atoms with Gasteiger partial charge in [0.1, 0.15) is 0 Å². The van der Waals surface area contributed by atoms with Crippen LogP contribution in [0.1, 0.15) is 32.8 Å². The van der Waals surface area contributed by atoms with Gasteiger partial charge in [-0.3, -0.25) is 4.79 Å². The summed E-state index contributed by atoms with van der Waals surface area (Å²) in [6, 6.07) is 8.57. The summed E-state index contributed by atoms with van der Waals surface area (Å²) < 4.78 is 0. The van der Waals surface area contributed by atoms with Crippen molar-refractivity contribution in [3.8, 4) is 0 Å². The molecule has 7 heteroatoms. The molecule has 0 atom stereocenters. The topological polar surface area (TPSA) is 60.0 Å². The molecule has 0 spiro atoms. The minimum Gasteiger partial charge on any atom is -0.364 e. The molecule has 28 heavy (non-hydrogen) atoms. The molecule has 0 aromatic heterocycles. The molecule has 1 aliphatic rings. The van der Waals surface area contributed by atoms with Gasteiger partial charge < -0.3 is 20.4 Å². The van der Waals surface area contributed by atoms with E-state index in [2.05, 4.69) is 56.9 Å². The molecule has 0 unspecified atom stereocenters. The van der Waals surface area contributed by atoms with E-state index >= 15 is 0 Å². The van der Waals surface area contributed by atoms with Crippen LogP contribution in [-0.4, -0.2) is 56.0 Å². The Kier molecular flexibility index (Phi) is 11.6. The highest BCUT2D eigenvalue weighted by Gasteiger charge is 2.09. The number of guanidine groups is 1. The van der Waals surface area contributed by atoms with Crippen molar-refractivity contribution in [1.82, 2.24) is 15.5 Å². The van der Waals surface area contributed by atoms with Crippen LogP contribution < -0.4 is 15.5 Å². The van der Waals surface area contributed by atoms with Crippen molar-refractivity contribution >= 4 is 41.5 Å². The molecule has 2 rings (SSSR count). The van der Waals surface area contributed by atoms with E-state index in [1.165, 1.54) is 11.3 Å². The molecular formula is C21H34IN5O. The number of nitrogens with zero attached hydrogens (tertiary/aromatic N) is 3. The van der Waals surface area contributed by atoms with E-state index in [4.69, 9.17) is 0 Å². The second-order valence-corrected chi connectivity index (χ2v) is 6.48. The molecule has 1 amide bonds. The van der Waals surface area contributed by atoms with Gasteiger partial charge in [-0.2, -0.15) is 0 Å². The first kappa shape index (κ1) is 24.3. The van der Waals surface area contributed by atoms with Gasteiger partial charge in [0.25, 0.3) is 0 Å². The molecule has 0 saturated heterocycles. The number of aliphatic imine (C=N–C) groups is 1. The molecule has 6 nitrogen and oxygen atoms in total. The number of hydrogen-bond donors (Lipinski definition) is 2. The maximum absolute atomic E-state index is 12.1. The summed E-state index contributed by atoms with van der Waals surface area (Å²) in [5, 5.41) is 6.49. The zero-order valence-electron chi connectivity index (χ0n) is 17.3. The second-order valence-electron chi connectivity index (χ2n) is 6.48. The number of halogens is 1. The quantitative estimate of drug-likeness (QED) is 0.238. The fourth-order valence-corrected chi connectivity index (χ4v) is 3.04. The number of hydrogen-bond acceptors (Lipinski definition) is 3. The van der Waals surface area contributed by atoms with Crippen molar-refractivity contribution in [3.63, 3.8) is 0 Å². The Labute approximate surface area is 186 Å². The number of nitrogens with one attached hydrogen (secondary N) is 2. The van der Waals surface area contributed by atoms with Gasteiger partial charge in [0.05, 0.1) is 6.54 Å². The van der Waals surface area contributed by atoms with Crippen molar-refractivity contribution in [2.24, 2.45) is 4.99 Å². The maximum atomic E-state index is 12.1. The lowest BCUT2D eigenvalue weighted by Crippen LogP contribution is -2.40. The molecule has 0 bridgehead atoms. The Bertz CT molecular complexity index is 633. The smallest absolute Gasteiger partial charge is 0.224 e. The highest BCUT2D eigenvalue weighted by atomic mass is 127. The van der Waals surface area contributed by atoms with Crippen molar-refractivity contribution in [2.45, 2.75) is 33.7 Å². The predicted octanol–water partition coefficient (Wildman–Crippen LogP) is 2.99. The zero-order valence-corrected chi connectivity index (χ0v) is 19.6. The van der Waals surface area contributed by atoms with Crippen LogP contribution in [0, 0.1) is 0 Å². The Morgan fingerprint density at radius 1 is 1.07 bits per heavy atom. The van der Waals surface area contributed by atoms with E-state index in [9.17, 15) is 4.79 Å². The van der Waals surface area contributed by atoms with Crippen molar-refractivity contribution in [1.29, 1.82) is 0 Å². The average molecular weight is 499 g/mol. The van der Waals surface area contributed by atoms with Gasteiger partial charge >= 0.3 is 0 Å². The van der Waals surface area contributed by atoms with Crippen LogP contribution >= 0.6 is 24.0 Å². The summed E-state index contributed by atoms with van der Waals surface area (Å²) in [7, 11) is 0. The fourth-order valence-electron chi connectivity index (χ4n) is 3.04. The average Bonchev–Trinajstić information content (AvgIpc) is 3.22. The molecule has 0 fully saturated rings. The number of carbonyl (C=O) groups is 1. The van der Waals surface area contributed by atoms with Gasteiger partial charge in [-0.1, -0.05) is 24.3 Å². The van der Waals surface area contributed by atoms with Gasteiger partial charge in [0.2, 0.25) is 5.91 Å². The Morgan fingerprint density at radius 3 is 2.29 bits per heavy atom. The largest absolute Gasteiger partial charge is 0.364 e. The lowest BCUT2D eigenvalue weighted by atomic mass is 10.2. The van der Waals surface area contributed by atoms with Crippen LogP contribution in [-0.2, 0) is 11.3 Å². The number of benzene rings is 1. The third kappa shape index (κ3) is 7.69. The third-order valence-electron chi connectivity index (χ3n) is 4.63. The fraction of sp³-hybridized carbons (Fsp3) is 0.524. The van der Waals surface area contributed by atoms with Gasteiger partial charge in [0.15, 0.2) is 5.96 Å². The Balaban J connectivity index is 0.00000392. The van der Waals surface area contributed by atoms with Crippen molar-refractivity contribution in [2.75, 3.05) is 44.2 Å². The summed E-state index contributed by atoms with van der Waals surface area (Å²) in [4.78, 5) is 20.9. The molecular weight excluding hydrogens is 465 g/mol. The van der Waals surface area contributed by atoms with Gasteiger partial charge in [-0.05, 0) is 38.5 Å². The first-order chi connectivity index (χ1) is 13.2. The Hall–Kier alpha value is -1.77. The second kappa shape index (κ2) is 13.4. The van der Waals surface area contributed by atoms with E-state index in [-0.39, 0.29) is 29.9 Å². The van der Waals surface area contributed by atoms with Crippen LogP contribution in [0.25, 0.3) is 0 Å². The lowest BCUT2D eigenvalue weighted by molar-refractivity contribution is -0.130. The third-order valence-corrected chi connectivity index (χ3v) is 4.63. The molecule has 1 heterocycles. The van der Waals surface area contributed by atoms with E-state index in [1.54, 1.807) is 0 Å². The minimum atomic E-state index is 0. The minimum absolute atomic E-state index is 0. The van der Waals surface area contributed by atoms with E-state index < -0.39 is 0 Å². The molecule has 156 valence electrons. The molecule has 0 aliphatic carbocycles. The lowest BCUT2D eigenvalue weighted by Gasteiger charge is -2.19. The summed E-state index contributed by atoms with van der Waals surface area (Å²) in [5.41, 5.74) is 2.41. The summed E-state index contributed by atoms with van der Waals surface area (Å²) in [6.45, 7) is 11.5. The van der Waals surface area contributed by atoms with Gasteiger partial charge in [-0.15, -0.1) is 24.0 Å². The molecule has 2 N–H and O–H groups in total. The van der Waals surface area contributed by atoms with Crippen LogP contribution in [0.4, 0.5) is 5.69 Å². The van der Waals surface area contributed by atoms with Crippen molar-refractivity contribution in [3.05, 3.63) is 42.0 Å². The van der Waals surface area contributed by atoms with Crippen LogP contribution in [0.3, 0.4) is 0 Å². The first-order valence-corrected chi connectivity index (χ1v) is 9.96. The van der Waals surface area contributed by atoms with Crippen LogP contribution in [0.5, 0.6) is 0 Å². The van der Waals surface area contributed by atoms with E-state index in [0.717, 1.165) is 38.7 Å².